The van der Waals surface area contributed by atoms with E-state index in [2.05, 4.69) is 20.8 Å². The molecule has 0 saturated carbocycles. The van der Waals surface area contributed by atoms with Gasteiger partial charge < -0.3 is 14.8 Å². The largest absolute Gasteiger partial charge is 0.454 e. The van der Waals surface area contributed by atoms with Gasteiger partial charge in [0.2, 0.25) is 12.7 Å². The smallest absolute Gasteiger partial charge is 0.321 e. The lowest BCUT2D eigenvalue weighted by Gasteiger charge is -2.11. The van der Waals surface area contributed by atoms with Crippen LogP contribution in [-0.4, -0.2) is 45.8 Å². The van der Waals surface area contributed by atoms with Gasteiger partial charge in [-0.3, -0.25) is 14.7 Å². The number of ether oxygens (including phenoxy) is 2. The van der Waals surface area contributed by atoms with Crippen molar-refractivity contribution in [1.82, 2.24) is 25.4 Å². The number of aromatic nitrogens is 3. The van der Waals surface area contributed by atoms with Gasteiger partial charge in [0.25, 0.3) is 0 Å². The lowest BCUT2D eigenvalue weighted by molar-refractivity contribution is -0.117. The van der Waals surface area contributed by atoms with Gasteiger partial charge in [0, 0.05) is 12.1 Å². The quantitative estimate of drug-likeness (QED) is 0.545. The summed E-state index contributed by atoms with van der Waals surface area (Å²) in [5.74, 6) is 1.72. The Kier molecular flexibility index (Phi) is 6.37. The zero-order valence-electron chi connectivity index (χ0n) is 16.8. The molecule has 3 amide bonds. The predicted molar refractivity (Wildman–Crippen MR) is 115 cm³/mol. The second kappa shape index (κ2) is 9.52. The zero-order valence-corrected chi connectivity index (χ0v) is 17.6. The number of urea groups is 1. The Morgan fingerprint density at radius 2 is 1.90 bits per heavy atom. The number of hydrogen-bond donors (Lipinski definition) is 2. The van der Waals surface area contributed by atoms with Crippen LogP contribution in [0, 0.1) is 0 Å². The lowest BCUT2D eigenvalue weighted by Crippen LogP contribution is -2.40. The van der Waals surface area contributed by atoms with E-state index in [1.807, 2.05) is 53.1 Å². The normalized spacial score (nSPS) is 11.9. The summed E-state index contributed by atoms with van der Waals surface area (Å²) in [6.45, 7) is 2.91. The van der Waals surface area contributed by atoms with Crippen LogP contribution >= 0.6 is 11.8 Å². The second-order valence-corrected chi connectivity index (χ2v) is 7.58. The molecule has 3 aromatic rings. The zero-order chi connectivity index (χ0) is 21.6. The standard InChI is InChI=1S/C21H21N5O4S/c1-2-22-20(28)23-18(27)12-31-21-25-24-19(15-6-4-3-5-7-15)26(21)11-14-8-9-16-17(10-14)30-13-29-16/h3-10H,2,11-13H2,1H3,(H2,22,23,27,28). The number of benzene rings is 2. The topological polar surface area (TPSA) is 107 Å². The van der Waals surface area contributed by atoms with E-state index >= 15 is 0 Å². The molecule has 0 unspecified atom stereocenters. The summed E-state index contributed by atoms with van der Waals surface area (Å²) in [6.07, 6.45) is 0. The van der Waals surface area contributed by atoms with E-state index < -0.39 is 11.9 Å². The SMILES string of the molecule is CCNC(=O)NC(=O)CSc1nnc(-c2ccccc2)n1Cc1ccc2c(c1)OCO2. The fourth-order valence-corrected chi connectivity index (χ4v) is 3.80. The minimum Gasteiger partial charge on any atom is -0.454 e. The van der Waals surface area contributed by atoms with Gasteiger partial charge in [-0.05, 0) is 24.6 Å². The molecule has 4 rings (SSSR count). The Balaban J connectivity index is 1.56. The molecule has 2 heterocycles. The van der Waals surface area contributed by atoms with E-state index in [0.717, 1.165) is 11.1 Å². The number of nitrogens with one attached hydrogen (secondary N) is 2. The van der Waals surface area contributed by atoms with Gasteiger partial charge in [-0.1, -0.05) is 48.2 Å². The number of amides is 3. The van der Waals surface area contributed by atoms with Crippen molar-refractivity contribution in [3.05, 3.63) is 54.1 Å². The molecular weight excluding hydrogens is 418 g/mol. The summed E-state index contributed by atoms with van der Waals surface area (Å²) in [7, 11) is 0. The van der Waals surface area contributed by atoms with Crippen molar-refractivity contribution in [2.75, 3.05) is 19.1 Å². The van der Waals surface area contributed by atoms with Crippen LogP contribution < -0.4 is 20.1 Å². The third kappa shape index (κ3) is 4.97. The van der Waals surface area contributed by atoms with Crippen LogP contribution in [0.4, 0.5) is 4.79 Å². The molecular formula is C21H21N5O4S. The van der Waals surface area contributed by atoms with E-state index in [-0.39, 0.29) is 12.5 Å². The van der Waals surface area contributed by atoms with Crippen molar-refractivity contribution < 1.29 is 19.1 Å². The first-order chi connectivity index (χ1) is 15.1. The van der Waals surface area contributed by atoms with E-state index in [0.29, 0.717) is 35.6 Å². The monoisotopic (exact) mass is 439 g/mol. The highest BCUT2D eigenvalue weighted by atomic mass is 32.2. The first-order valence-electron chi connectivity index (χ1n) is 9.71. The molecule has 9 nitrogen and oxygen atoms in total. The maximum absolute atomic E-state index is 12.1. The number of carbonyl (C=O) groups excluding carboxylic acids is 2. The van der Waals surface area contributed by atoms with Crippen LogP contribution in [0.15, 0.2) is 53.7 Å². The molecule has 0 aliphatic carbocycles. The predicted octanol–water partition coefficient (Wildman–Crippen LogP) is 2.66. The number of carbonyl (C=O) groups is 2. The van der Waals surface area contributed by atoms with Crippen molar-refractivity contribution in [3.63, 3.8) is 0 Å². The molecule has 0 fully saturated rings. The van der Waals surface area contributed by atoms with Crippen molar-refractivity contribution in [2.24, 2.45) is 0 Å². The summed E-state index contributed by atoms with van der Waals surface area (Å²) < 4.78 is 12.8. The molecule has 1 aliphatic rings. The Morgan fingerprint density at radius 3 is 2.71 bits per heavy atom. The highest BCUT2D eigenvalue weighted by molar-refractivity contribution is 7.99. The van der Waals surface area contributed by atoms with Crippen LogP contribution in [0.1, 0.15) is 12.5 Å². The van der Waals surface area contributed by atoms with Crippen LogP contribution in [0.25, 0.3) is 11.4 Å². The van der Waals surface area contributed by atoms with E-state index in [4.69, 9.17) is 9.47 Å². The van der Waals surface area contributed by atoms with Crippen molar-refractivity contribution in [1.29, 1.82) is 0 Å². The summed E-state index contributed by atoms with van der Waals surface area (Å²) in [6, 6.07) is 14.9. The first kappa shape index (κ1) is 20.7. The van der Waals surface area contributed by atoms with E-state index in [9.17, 15) is 9.59 Å². The molecule has 0 radical (unpaired) electrons. The third-order valence-electron chi connectivity index (χ3n) is 4.45. The average Bonchev–Trinajstić information content (AvgIpc) is 3.39. The van der Waals surface area contributed by atoms with Crippen LogP contribution in [0.5, 0.6) is 11.5 Å². The van der Waals surface area contributed by atoms with Gasteiger partial charge in [0.1, 0.15) is 0 Å². The molecule has 0 atom stereocenters. The number of thioether (sulfide) groups is 1. The van der Waals surface area contributed by atoms with Gasteiger partial charge >= 0.3 is 6.03 Å². The van der Waals surface area contributed by atoms with Crippen LogP contribution in [-0.2, 0) is 11.3 Å². The fraction of sp³-hybridized carbons (Fsp3) is 0.238. The summed E-state index contributed by atoms with van der Waals surface area (Å²) in [4.78, 5) is 23.6. The Hall–Kier alpha value is -3.53. The molecule has 0 spiro atoms. The Bertz CT molecular complexity index is 1090. The minimum absolute atomic E-state index is 0.0329. The van der Waals surface area contributed by atoms with Crippen LogP contribution in [0.3, 0.4) is 0 Å². The maximum Gasteiger partial charge on any atom is 0.321 e. The first-order valence-corrected chi connectivity index (χ1v) is 10.7. The molecule has 31 heavy (non-hydrogen) atoms. The van der Waals surface area contributed by atoms with Gasteiger partial charge in [-0.25, -0.2) is 4.79 Å². The lowest BCUT2D eigenvalue weighted by atomic mass is 10.2. The van der Waals surface area contributed by atoms with Gasteiger partial charge in [0.05, 0.1) is 12.3 Å². The van der Waals surface area contributed by atoms with Gasteiger partial charge in [-0.15, -0.1) is 10.2 Å². The number of rotatable bonds is 7. The van der Waals surface area contributed by atoms with Crippen molar-refractivity contribution >= 4 is 23.7 Å². The Labute approximate surface area is 183 Å². The van der Waals surface area contributed by atoms with E-state index in [1.54, 1.807) is 6.92 Å². The van der Waals surface area contributed by atoms with Crippen LogP contribution in [0.2, 0.25) is 0 Å². The number of imide groups is 1. The molecule has 1 aromatic heterocycles. The fourth-order valence-electron chi connectivity index (χ4n) is 3.06. The third-order valence-corrected chi connectivity index (χ3v) is 5.42. The molecule has 0 bridgehead atoms. The summed E-state index contributed by atoms with van der Waals surface area (Å²) in [5.41, 5.74) is 1.89. The molecule has 0 saturated heterocycles. The molecule has 2 aromatic carbocycles. The highest BCUT2D eigenvalue weighted by Gasteiger charge is 2.19. The van der Waals surface area contributed by atoms with Gasteiger partial charge in [0.15, 0.2) is 22.5 Å². The van der Waals surface area contributed by atoms with E-state index in [1.165, 1.54) is 11.8 Å². The van der Waals surface area contributed by atoms with Gasteiger partial charge in [-0.2, -0.15) is 0 Å². The number of nitrogens with zero attached hydrogens (tertiary/aromatic N) is 3. The number of hydrogen-bond acceptors (Lipinski definition) is 7. The maximum atomic E-state index is 12.1. The molecule has 10 heteroatoms. The Morgan fingerprint density at radius 1 is 1.10 bits per heavy atom. The molecule has 160 valence electrons. The average molecular weight is 439 g/mol. The van der Waals surface area contributed by atoms with Crippen molar-refractivity contribution in [2.45, 2.75) is 18.6 Å². The summed E-state index contributed by atoms with van der Waals surface area (Å²) >= 11 is 1.22. The highest BCUT2D eigenvalue weighted by Crippen LogP contribution is 2.33. The second-order valence-electron chi connectivity index (χ2n) is 6.64. The molecule has 2 N–H and O–H groups in total. The number of fused-ring (bicyclic) bond motifs is 1. The minimum atomic E-state index is -0.514. The van der Waals surface area contributed by atoms with Crippen molar-refractivity contribution in [3.8, 4) is 22.9 Å². The molecule has 1 aliphatic heterocycles. The summed E-state index contributed by atoms with van der Waals surface area (Å²) in [5, 5.41) is 14.0.